The van der Waals surface area contributed by atoms with Crippen LogP contribution >= 0.6 is 0 Å². The number of rotatable bonds is 14. The van der Waals surface area contributed by atoms with Crippen LogP contribution in [0.5, 0.6) is 0 Å². The van der Waals surface area contributed by atoms with Crippen molar-refractivity contribution in [3.05, 3.63) is 0 Å². The van der Waals surface area contributed by atoms with Crippen molar-refractivity contribution in [3.63, 3.8) is 0 Å². The van der Waals surface area contributed by atoms with Gasteiger partial charge in [0.05, 0.1) is 25.7 Å². The second kappa shape index (κ2) is 15.3. The van der Waals surface area contributed by atoms with Gasteiger partial charge in [0, 0.05) is 18.5 Å². The van der Waals surface area contributed by atoms with Crippen molar-refractivity contribution in [1.82, 2.24) is 10.6 Å². The summed E-state index contributed by atoms with van der Waals surface area (Å²) in [5.74, 6) is 0.723. The number of nitrogens with one attached hydrogen (secondary N) is 2. The Hall–Kier alpha value is -1.80. The minimum absolute atomic E-state index is 0.000774. The molecule has 0 bridgehead atoms. The molecule has 0 saturated heterocycles. The molecule has 2 aliphatic carbocycles. The number of carbonyl (C=O) groups is 4. The molecule has 0 aromatic carbocycles. The zero-order valence-electron chi connectivity index (χ0n) is 22.1. The number of carbonyl (C=O) groups excluding carboxylic acids is 4. The Morgan fingerprint density at radius 1 is 0.714 bits per heavy atom. The smallest absolute Gasteiger partial charge is 0.323 e. The van der Waals surface area contributed by atoms with Crippen LogP contribution in [-0.4, -0.2) is 60.9 Å². The van der Waals surface area contributed by atoms with Gasteiger partial charge in [-0.05, 0) is 97.3 Å². The molecule has 2 rings (SSSR count). The van der Waals surface area contributed by atoms with Gasteiger partial charge in [-0.3, -0.25) is 19.2 Å². The second-order valence-corrected chi connectivity index (χ2v) is 10.4. The molecular weight excluding hydrogens is 448 g/mol. The summed E-state index contributed by atoms with van der Waals surface area (Å²) in [7, 11) is 0. The van der Waals surface area contributed by atoms with Gasteiger partial charge >= 0.3 is 11.9 Å². The van der Waals surface area contributed by atoms with Crippen LogP contribution in [0.4, 0.5) is 0 Å². The molecule has 2 fully saturated rings. The minimum Gasteiger partial charge on any atom is -0.466 e. The van der Waals surface area contributed by atoms with Gasteiger partial charge in [0.25, 0.3) is 0 Å². The fourth-order valence-electron chi connectivity index (χ4n) is 5.62. The van der Waals surface area contributed by atoms with Gasteiger partial charge < -0.3 is 20.1 Å². The number of hydrogen-bond donors (Lipinski definition) is 2. The summed E-state index contributed by atoms with van der Waals surface area (Å²) in [6.07, 6.45) is 10.2. The van der Waals surface area contributed by atoms with Crippen molar-refractivity contribution in [2.75, 3.05) is 13.2 Å². The quantitative estimate of drug-likeness (QED) is 0.353. The van der Waals surface area contributed by atoms with Crippen LogP contribution in [0.1, 0.15) is 98.3 Å². The molecule has 8 heteroatoms. The molecule has 8 nitrogen and oxygen atoms in total. The van der Waals surface area contributed by atoms with E-state index in [1.54, 1.807) is 20.8 Å². The third-order valence-corrected chi connectivity index (χ3v) is 7.46. The van der Waals surface area contributed by atoms with Crippen LogP contribution < -0.4 is 10.6 Å². The SMILES string of the molecule is CCOC(=O)CC(NC1CCC(CC2CCC(NC(CC(C)=O)C(C)=O)CC2)CC1)C(=O)OCC. The molecule has 0 amide bonds. The first-order chi connectivity index (χ1) is 16.7. The Labute approximate surface area is 210 Å². The van der Waals surface area contributed by atoms with Crippen LogP contribution in [-0.2, 0) is 28.7 Å². The van der Waals surface area contributed by atoms with E-state index in [2.05, 4.69) is 10.6 Å². The van der Waals surface area contributed by atoms with E-state index in [9.17, 15) is 19.2 Å². The Morgan fingerprint density at radius 2 is 1.20 bits per heavy atom. The van der Waals surface area contributed by atoms with Gasteiger partial charge in [-0.1, -0.05) is 0 Å². The summed E-state index contributed by atoms with van der Waals surface area (Å²) in [5, 5.41) is 6.79. The number of ether oxygens (including phenoxy) is 2. The Bertz CT molecular complexity index is 696. The van der Waals surface area contributed by atoms with Crippen LogP contribution in [0.25, 0.3) is 0 Å². The van der Waals surface area contributed by atoms with Gasteiger partial charge in [-0.25, -0.2) is 0 Å². The van der Waals surface area contributed by atoms with E-state index in [1.165, 1.54) is 13.3 Å². The Morgan fingerprint density at radius 3 is 1.63 bits per heavy atom. The number of hydrogen-bond acceptors (Lipinski definition) is 8. The number of ketones is 2. The maximum Gasteiger partial charge on any atom is 0.323 e. The zero-order valence-corrected chi connectivity index (χ0v) is 22.1. The van der Waals surface area contributed by atoms with Gasteiger partial charge in [0.2, 0.25) is 0 Å². The molecule has 0 aromatic rings. The van der Waals surface area contributed by atoms with Crippen molar-refractivity contribution in [2.45, 2.75) is 122 Å². The van der Waals surface area contributed by atoms with E-state index in [0.29, 0.717) is 24.5 Å². The summed E-state index contributed by atoms with van der Waals surface area (Å²) < 4.78 is 10.2. The van der Waals surface area contributed by atoms with Gasteiger partial charge in [0.15, 0.2) is 0 Å². The first kappa shape index (κ1) is 29.4. The highest BCUT2D eigenvalue weighted by molar-refractivity contribution is 5.88. The van der Waals surface area contributed by atoms with Crippen molar-refractivity contribution >= 4 is 23.5 Å². The van der Waals surface area contributed by atoms with E-state index < -0.39 is 6.04 Å². The monoisotopic (exact) mass is 494 g/mol. The highest BCUT2D eigenvalue weighted by Gasteiger charge is 2.31. The molecule has 35 heavy (non-hydrogen) atoms. The van der Waals surface area contributed by atoms with Crippen molar-refractivity contribution < 1.29 is 28.7 Å². The lowest BCUT2D eigenvalue weighted by Crippen LogP contribution is -2.47. The van der Waals surface area contributed by atoms with Crippen molar-refractivity contribution in [3.8, 4) is 0 Å². The third-order valence-electron chi connectivity index (χ3n) is 7.46. The summed E-state index contributed by atoms with van der Waals surface area (Å²) in [5.41, 5.74) is 0. The Balaban J connectivity index is 1.73. The van der Waals surface area contributed by atoms with E-state index in [4.69, 9.17) is 9.47 Å². The fourth-order valence-corrected chi connectivity index (χ4v) is 5.62. The normalized spacial score (nSPS) is 26.4. The minimum atomic E-state index is -0.653. The van der Waals surface area contributed by atoms with Gasteiger partial charge in [-0.2, -0.15) is 0 Å². The lowest BCUT2D eigenvalue weighted by molar-refractivity contribution is -0.152. The molecule has 0 aliphatic heterocycles. The third kappa shape index (κ3) is 10.8. The average Bonchev–Trinajstić information content (AvgIpc) is 2.80. The van der Waals surface area contributed by atoms with Crippen molar-refractivity contribution in [1.29, 1.82) is 0 Å². The number of esters is 2. The van der Waals surface area contributed by atoms with E-state index in [0.717, 1.165) is 51.4 Å². The second-order valence-electron chi connectivity index (χ2n) is 10.4. The van der Waals surface area contributed by atoms with Crippen molar-refractivity contribution in [2.24, 2.45) is 11.8 Å². The highest BCUT2D eigenvalue weighted by atomic mass is 16.5. The number of Topliss-reactive ketones (excluding diaryl/α,β-unsaturated/α-hetero) is 2. The standard InChI is InChI=1S/C27H46N2O6/c1-5-34-26(32)17-25(27(33)35-6-2)29-23-13-9-21(10-14-23)16-20-7-11-22(12-8-20)28-24(19(4)31)15-18(3)30/h20-25,28-29H,5-17H2,1-4H3. The van der Waals surface area contributed by atoms with E-state index in [-0.39, 0.29) is 55.0 Å². The maximum atomic E-state index is 12.3. The van der Waals surface area contributed by atoms with Crippen LogP contribution in [0, 0.1) is 11.8 Å². The predicted octanol–water partition coefficient (Wildman–Crippen LogP) is 3.49. The lowest BCUT2D eigenvalue weighted by atomic mass is 9.75. The van der Waals surface area contributed by atoms with Gasteiger partial charge in [0.1, 0.15) is 17.6 Å². The highest BCUT2D eigenvalue weighted by Crippen LogP contribution is 2.35. The molecule has 0 aromatic heterocycles. The molecule has 0 spiro atoms. The summed E-state index contributed by atoms with van der Waals surface area (Å²) in [6.45, 7) is 7.21. The van der Waals surface area contributed by atoms with Crippen LogP contribution in [0.3, 0.4) is 0 Å². The lowest BCUT2D eigenvalue weighted by Gasteiger charge is -2.36. The predicted molar refractivity (Wildman–Crippen MR) is 134 cm³/mol. The maximum absolute atomic E-state index is 12.3. The topological polar surface area (TPSA) is 111 Å². The first-order valence-electron chi connectivity index (χ1n) is 13.6. The Kier molecular flexibility index (Phi) is 12.9. The first-order valence-corrected chi connectivity index (χ1v) is 13.6. The average molecular weight is 495 g/mol. The van der Waals surface area contributed by atoms with Gasteiger partial charge in [-0.15, -0.1) is 0 Å². The molecule has 2 atom stereocenters. The van der Waals surface area contributed by atoms with Crippen LogP contribution in [0.15, 0.2) is 0 Å². The summed E-state index contributed by atoms with van der Waals surface area (Å²) in [4.78, 5) is 47.6. The molecule has 200 valence electrons. The zero-order chi connectivity index (χ0) is 25.8. The fraction of sp³-hybridized carbons (Fsp3) is 0.852. The van der Waals surface area contributed by atoms with Crippen LogP contribution in [0.2, 0.25) is 0 Å². The molecule has 2 saturated carbocycles. The molecule has 2 unspecified atom stereocenters. The molecular formula is C27H46N2O6. The van der Waals surface area contributed by atoms with E-state index in [1.807, 2.05) is 0 Å². The molecule has 2 aliphatic rings. The summed E-state index contributed by atoms with van der Waals surface area (Å²) >= 11 is 0. The van der Waals surface area contributed by atoms with E-state index >= 15 is 0 Å². The largest absolute Gasteiger partial charge is 0.466 e. The molecule has 0 radical (unpaired) electrons. The molecule has 2 N–H and O–H groups in total. The summed E-state index contributed by atoms with van der Waals surface area (Å²) in [6, 6.07) is -0.474. The molecule has 0 heterocycles.